The van der Waals surface area contributed by atoms with E-state index in [0.717, 1.165) is 13.0 Å². The number of likely N-dealkylation sites (N-methyl/N-ethyl adjacent to an activating group) is 1. The van der Waals surface area contributed by atoms with Gasteiger partial charge in [-0.15, -0.1) is 0 Å². The first kappa shape index (κ1) is 14.3. The molecular formula is C20H25N. The Balaban J connectivity index is 1.98. The molecule has 0 heterocycles. The summed E-state index contributed by atoms with van der Waals surface area (Å²) in [6, 6.07) is 20.6. The first-order valence-corrected chi connectivity index (χ1v) is 8.18. The normalized spacial score (nSPS) is 17.4. The Morgan fingerprint density at radius 3 is 2.38 bits per heavy atom. The Labute approximate surface area is 128 Å². The lowest BCUT2D eigenvalue weighted by atomic mass is 9.83. The predicted molar refractivity (Wildman–Crippen MR) is 89.6 cm³/mol. The van der Waals surface area contributed by atoms with Crippen LogP contribution in [0.25, 0.3) is 0 Å². The van der Waals surface area contributed by atoms with E-state index >= 15 is 0 Å². The van der Waals surface area contributed by atoms with Crippen molar-refractivity contribution < 1.29 is 0 Å². The molecule has 1 heteroatoms. The van der Waals surface area contributed by atoms with E-state index in [1.165, 1.54) is 29.5 Å². The lowest BCUT2D eigenvalue weighted by Gasteiger charge is -2.29. The second-order valence-electron chi connectivity index (χ2n) is 6.11. The maximum Gasteiger partial charge on any atom is 0.0418 e. The van der Waals surface area contributed by atoms with Gasteiger partial charge in [-0.05, 0) is 42.5 Å². The molecule has 1 fully saturated rings. The van der Waals surface area contributed by atoms with Gasteiger partial charge >= 0.3 is 0 Å². The Morgan fingerprint density at radius 1 is 1.00 bits per heavy atom. The third-order valence-electron chi connectivity index (χ3n) is 4.79. The molecule has 3 rings (SSSR count). The van der Waals surface area contributed by atoms with Crippen molar-refractivity contribution in [3.63, 3.8) is 0 Å². The molecule has 110 valence electrons. The van der Waals surface area contributed by atoms with Crippen molar-refractivity contribution in [2.75, 3.05) is 6.54 Å². The monoisotopic (exact) mass is 279 g/mol. The van der Waals surface area contributed by atoms with Crippen LogP contribution >= 0.6 is 0 Å². The van der Waals surface area contributed by atoms with Gasteiger partial charge in [0, 0.05) is 11.5 Å². The minimum atomic E-state index is 0.295. The molecule has 1 aliphatic carbocycles. The highest BCUT2D eigenvalue weighted by Crippen LogP contribution is 2.56. The second kappa shape index (κ2) is 6.03. The van der Waals surface area contributed by atoms with Crippen LogP contribution in [0.1, 0.15) is 49.4 Å². The number of rotatable bonds is 6. The third kappa shape index (κ3) is 2.75. The predicted octanol–water partition coefficient (Wildman–Crippen LogP) is 4.63. The highest BCUT2D eigenvalue weighted by Gasteiger charge is 2.50. The topological polar surface area (TPSA) is 12.0 Å². The second-order valence-corrected chi connectivity index (χ2v) is 6.11. The van der Waals surface area contributed by atoms with Gasteiger partial charge < -0.3 is 5.32 Å². The van der Waals surface area contributed by atoms with Crippen LogP contribution in [0.3, 0.4) is 0 Å². The summed E-state index contributed by atoms with van der Waals surface area (Å²) in [6.07, 6.45) is 3.67. The Morgan fingerprint density at radius 2 is 1.76 bits per heavy atom. The SMILES string of the molecule is CCNC(c1cccc(CC)c1)C1(c2ccccc2)CC1. The smallest absolute Gasteiger partial charge is 0.0418 e. The molecule has 1 aliphatic rings. The van der Waals surface area contributed by atoms with Gasteiger partial charge in [0.15, 0.2) is 0 Å². The standard InChI is InChI=1S/C20H25N/c1-3-16-9-8-10-17(15-16)19(21-4-2)20(13-14-20)18-11-6-5-7-12-18/h5-12,15,19,21H,3-4,13-14H2,1-2H3. The molecular weight excluding hydrogens is 254 g/mol. The zero-order valence-corrected chi connectivity index (χ0v) is 13.1. The number of hydrogen-bond donors (Lipinski definition) is 1. The van der Waals surface area contributed by atoms with Crippen molar-refractivity contribution in [3.05, 3.63) is 71.3 Å². The van der Waals surface area contributed by atoms with Gasteiger partial charge in [0.05, 0.1) is 0 Å². The Hall–Kier alpha value is -1.60. The Kier molecular flexibility index (Phi) is 4.12. The summed E-state index contributed by atoms with van der Waals surface area (Å²) in [6.45, 7) is 5.44. The molecule has 1 saturated carbocycles. The molecule has 21 heavy (non-hydrogen) atoms. The summed E-state index contributed by atoms with van der Waals surface area (Å²) in [5, 5.41) is 3.75. The minimum Gasteiger partial charge on any atom is -0.309 e. The molecule has 0 saturated heterocycles. The fourth-order valence-corrected chi connectivity index (χ4v) is 3.48. The van der Waals surface area contributed by atoms with Gasteiger partial charge in [-0.2, -0.15) is 0 Å². The van der Waals surface area contributed by atoms with Crippen molar-refractivity contribution in [2.45, 2.75) is 44.6 Å². The summed E-state index contributed by atoms with van der Waals surface area (Å²) >= 11 is 0. The summed E-state index contributed by atoms with van der Waals surface area (Å²) in [4.78, 5) is 0. The van der Waals surface area contributed by atoms with E-state index in [4.69, 9.17) is 0 Å². The summed E-state index contributed by atoms with van der Waals surface area (Å²) in [5.41, 5.74) is 4.65. The molecule has 1 nitrogen and oxygen atoms in total. The first-order chi connectivity index (χ1) is 10.3. The third-order valence-corrected chi connectivity index (χ3v) is 4.79. The average molecular weight is 279 g/mol. The van der Waals surface area contributed by atoms with Gasteiger partial charge in [0.2, 0.25) is 0 Å². The van der Waals surface area contributed by atoms with Crippen LogP contribution in [0.2, 0.25) is 0 Å². The molecule has 1 unspecified atom stereocenters. The van der Waals surface area contributed by atoms with E-state index in [0.29, 0.717) is 11.5 Å². The van der Waals surface area contributed by atoms with Gasteiger partial charge in [-0.3, -0.25) is 0 Å². The molecule has 2 aromatic rings. The zero-order valence-electron chi connectivity index (χ0n) is 13.1. The highest BCUT2D eigenvalue weighted by atomic mass is 14.9. The molecule has 2 aromatic carbocycles. The minimum absolute atomic E-state index is 0.295. The quantitative estimate of drug-likeness (QED) is 0.813. The summed E-state index contributed by atoms with van der Waals surface area (Å²) in [7, 11) is 0. The maximum atomic E-state index is 3.75. The van der Waals surface area contributed by atoms with Crippen LogP contribution in [0, 0.1) is 0 Å². The van der Waals surface area contributed by atoms with Crippen LogP contribution in [-0.2, 0) is 11.8 Å². The molecule has 0 bridgehead atoms. The number of benzene rings is 2. The molecule has 1 atom stereocenters. The summed E-state index contributed by atoms with van der Waals surface area (Å²) < 4.78 is 0. The molecule has 0 radical (unpaired) electrons. The molecule has 0 aromatic heterocycles. The van der Waals surface area contributed by atoms with Crippen LogP contribution in [0.15, 0.2) is 54.6 Å². The zero-order chi connectivity index (χ0) is 14.7. The van der Waals surface area contributed by atoms with E-state index < -0.39 is 0 Å². The molecule has 1 N–H and O–H groups in total. The lowest BCUT2D eigenvalue weighted by molar-refractivity contribution is 0.439. The van der Waals surface area contributed by atoms with E-state index in [1.54, 1.807) is 0 Å². The number of aryl methyl sites for hydroxylation is 1. The fraction of sp³-hybridized carbons (Fsp3) is 0.400. The van der Waals surface area contributed by atoms with Gasteiger partial charge in [-0.25, -0.2) is 0 Å². The van der Waals surface area contributed by atoms with Crippen molar-refractivity contribution >= 4 is 0 Å². The average Bonchev–Trinajstić information content (AvgIpc) is 3.35. The van der Waals surface area contributed by atoms with Gasteiger partial charge in [0.25, 0.3) is 0 Å². The van der Waals surface area contributed by atoms with Crippen LogP contribution in [0.5, 0.6) is 0 Å². The van der Waals surface area contributed by atoms with Crippen molar-refractivity contribution in [2.24, 2.45) is 0 Å². The van der Waals surface area contributed by atoms with E-state index in [1.807, 2.05) is 0 Å². The molecule has 0 aliphatic heterocycles. The largest absolute Gasteiger partial charge is 0.309 e. The lowest BCUT2D eigenvalue weighted by Crippen LogP contribution is -2.32. The van der Waals surface area contributed by atoms with Gasteiger partial charge in [-0.1, -0.05) is 68.4 Å². The van der Waals surface area contributed by atoms with E-state index in [2.05, 4.69) is 73.8 Å². The first-order valence-electron chi connectivity index (χ1n) is 8.18. The molecule has 0 amide bonds. The van der Waals surface area contributed by atoms with E-state index in [-0.39, 0.29) is 0 Å². The van der Waals surface area contributed by atoms with Crippen LogP contribution in [-0.4, -0.2) is 6.54 Å². The highest BCUT2D eigenvalue weighted by molar-refractivity contribution is 5.39. The van der Waals surface area contributed by atoms with Crippen LogP contribution in [0.4, 0.5) is 0 Å². The Bertz CT molecular complexity index is 584. The maximum absolute atomic E-state index is 3.75. The number of hydrogen-bond acceptors (Lipinski definition) is 1. The summed E-state index contributed by atoms with van der Waals surface area (Å²) in [5.74, 6) is 0. The van der Waals surface area contributed by atoms with Crippen molar-refractivity contribution in [1.29, 1.82) is 0 Å². The van der Waals surface area contributed by atoms with E-state index in [9.17, 15) is 0 Å². The van der Waals surface area contributed by atoms with Crippen molar-refractivity contribution in [3.8, 4) is 0 Å². The van der Waals surface area contributed by atoms with Crippen molar-refractivity contribution in [1.82, 2.24) is 5.32 Å². The molecule has 0 spiro atoms. The number of nitrogens with one attached hydrogen (secondary N) is 1. The fourth-order valence-electron chi connectivity index (χ4n) is 3.48. The van der Waals surface area contributed by atoms with Gasteiger partial charge in [0.1, 0.15) is 0 Å². The van der Waals surface area contributed by atoms with Crippen LogP contribution < -0.4 is 5.32 Å².